The van der Waals surface area contributed by atoms with Crippen molar-refractivity contribution in [2.24, 2.45) is 5.92 Å². The highest BCUT2D eigenvalue weighted by Crippen LogP contribution is 2.23. The van der Waals surface area contributed by atoms with Crippen molar-refractivity contribution in [1.29, 1.82) is 0 Å². The second-order valence-corrected chi connectivity index (χ2v) is 4.70. The summed E-state index contributed by atoms with van der Waals surface area (Å²) < 4.78 is 5.52. The van der Waals surface area contributed by atoms with Crippen LogP contribution in [0.4, 0.5) is 0 Å². The number of benzene rings is 1. The van der Waals surface area contributed by atoms with Crippen LogP contribution in [0.2, 0.25) is 0 Å². The van der Waals surface area contributed by atoms with Gasteiger partial charge in [-0.25, -0.2) is 0 Å². The van der Waals surface area contributed by atoms with Crippen molar-refractivity contribution in [1.82, 2.24) is 5.32 Å². The summed E-state index contributed by atoms with van der Waals surface area (Å²) >= 11 is 0. The van der Waals surface area contributed by atoms with E-state index in [0.717, 1.165) is 5.56 Å². The van der Waals surface area contributed by atoms with Gasteiger partial charge in [0.25, 0.3) is 0 Å². The summed E-state index contributed by atoms with van der Waals surface area (Å²) in [6, 6.07) is 9.02. The average molecular weight is 263 g/mol. The molecule has 0 aliphatic carbocycles. The highest BCUT2D eigenvalue weighted by molar-refractivity contribution is 5.88. The van der Waals surface area contributed by atoms with E-state index in [1.165, 1.54) is 6.92 Å². The molecular formula is C14H17NO4. The van der Waals surface area contributed by atoms with E-state index in [1.54, 1.807) is 0 Å². The number of carbonyl (C=O) groups excluding carboxylic acids is 2. The van der Waals surface area contributed by atoms with Crippen molar-refractivity contribution in [3.05, 3.63) is 35.9 Å². The molecule has 1 unspecified atom stereocenters. The van der Waals surface area contributed by atoms with Crippen LogP contribution in [0.25, 0.3) is 0 Å². The zero-order chi connectivity index (χ0) is 13.8. The Labute approximate surface area is 111 Å². The van der Waals surface area contributed by atoms with E-state index in [2.05, 4.69) is 5.32 Å². The predicted molar refractivity (Wildman–Crippen MR) is 68.2 cm³/mol. The maximum Gasteiger partial charge on any atom is 0.228 e. The molecule has 1 fully saturated rings. The topological polar surface area (TPSA) is 75.6 Å². The fourth-order valence-corrected chi connectivity index (χ4v) is 2.22. The van der Waals surface area contributed by atoms with Crippen LogP contribution in [0.3, 0.4) is 0 Å². The van der Waals surface area contributed by atoms with E-state index >= 15 is 0 Å². The predicted octanol–water partition coefficient (Wildman–Crippen LogP) is 0.266. The molecular weight excluding hydrogens is 246 g/mol. The van der Waals surface area contributed by atoms with Gasteiger partial charge in [-0.3, -0.25) is 4.79 Å². The van der Waals surface area contributed by atoms with Gasteiger partial charge in [-0.1, -0.05) is 30.3 Å². The number of aldehydes is 1. The highest BCUT2D eigenvalue weighted by Gasteiger charge is 2.47. The Morgan fingerprint density at radius 2 is 2.11 bits per heavy atom. The Morgan fingerprint density at radius 1 is 1.42 bits per heavy atom. The summed E-state index contributed by atoms with van der Waals surface area (Å²) in [5.74, 6) is -0.818. The first-order valence-corrected chi connectivity index (χ1v) is 6.22. The largest absolute Gasteiger partial charge is 0.393 e. The summed E-state index contributed by atoms with van der Waals surface area (Å²) in [6.45, 7) is 1.83. The zero-order valence-electron chi connectivity index (χ0n) is 10.7. The molecule has 5 nitrogen and oxygen atoms in total. The Kier molecular flexibility index (Phi) is 4.29. The first-order valence-electron chi connectivity index (χ1n) is 6.22. The lowest BCUT2D eigenvalue weighted by molar-refractivity contribution is -0.150. The van der Waals surface area contributed by atoms with Crippen LogP contribution < -0.4 is 5.32 Å². The van der Waals surface area contributed by atoms with Crippen molar-refractivity contribution >= 4 is 12.2 Å². The SMILES string of the molecule is C[C@H](O)[C@H]1C(=O)N[C@H]1C(C=O)OCc1ccccc1. The molecule has 0 saturated carbocycles. The number of ether oxygens (including phenoxy) is 1. The molecule has 19 heavy (non-hydrogen) atoms. The number of aliphatic hydroxyl groups is 1. The molecule has 1 heterocycles. The van der Waals surface area contributed by atoms with Crippen molar-refractivity contribution in [3.8, 4) is 0 Å². The van der Waals surface area contributed by atoms with Crippen LogP contribution in [0.1, 0.15) is 12.5 Å². The van der Waals surface area contributed by atoms with Gasteiger partial charge in [-0.15, -0.1) is 0 Å². The summed E-state index contributed by atoms with van der Waals surface area (Å²) in [7, 11) is 0. The van der Waals surface area contributed by atoms with Gasteiger partial charge in [0.1, 0.15) is 6.10 Å². The van der Waals surface area contributed by atoms with Crippen molar-refractivity contribution in [3.63, 3.8) is 0 Å². The van der Waals surface area contributed by atoms with E-state index in [1.807, 2.05) is 30.3 Å². The molecule has 5 heteroatoms. The van der Waals surface area contributed by atoms with Gasteiger partial charge in [0, 0.05) is 0 Å². The van der Waals surface area contributed by atoms with Gasteiger partial charge in [-0.2, -0.15) is 0 Å². The number of hydrogen-bond acceptors (Lipinski definition) is 4. The van der Waals surface area contributed by atoms with Gasteiger partial charge >= 0.3 is 0 Å². The number of nitrogens with one attached hydrogen (secondary N) is 1. The second kappa shape index (κ2) is 5.95. The van der Waals surface area contributed by atoms with E-state index in [0.29, 0.717) is 12.9 Å². The minimum atomic E-state index is -0.790. The van der Waals surface area contributed by atoms with Crippen LogP contribution in [-0.4, -0.2) is 35.5 Å². The van der Waals surface area contributed by atoms with Crippen molar-refractivity contribution in [2.75, 3.05) is 0 Å². The molecule has 0 bridgehead atoms. The smallest absolute Gasteiger partial charge is 0.228 e. The summed E-state index contributed by atoms with van der Waals surface area (Å²) in [6.07, 6.45) is -0.860. The number of β-lactam (4-membered cyclic amide) rings is 1. The van der Waals surface area contributed by atoms with Crippen molar-refractivity contribution < 1.29 is 19.4 Å². The van der Waals surface area contributed by atoms with Crippen LogP contribution in [-0.2, 0) is 20.9 Å². The van der Waals surface area contributed by atoms with Gasteiger partial charge in [0.05, 0.1) is 24.7 Å². The lowest BCUT2D eigenvalue weighted by atomic mass is 9.83. The van der Waals surface area contributed by atoms with Gasteiger partial charge in [0.15, 0.2) is 6.29 Å². The first kappa shape index (κ1) is 13.7. The van der Waals surface area contributed by atoms with E-state index in [-0.39, 0.29) is 5.91 Å². The third-order valence-electron chi connectivity index (χ3n) is 3.29. The van der Waals surface area contributed by atoms with Gasteiger partial charge in [-0.05, 0) is 12.5 Å². The fraction of sp³-hybridized carbons (Fsp3) is 0.429. The molecule has 102 valence electrons. The molecule has 1 amide bonds. The summed E-state index contributed by atoms with van der Waals surface area (Å²) in [4.78, 5) is 22.4. The molecule has 4 atom stereocenters. The molecule has 1 saturated heterocycles. The summed E-state index contributed by atoms with van der Waals surface area (Å²) in [5.41, 5.74) is 0.952. The van der Waals surface area contributed by atoms with E-state index < -0.39 is 24.2 Å². The third kappa shape index (κ3) is 3.00. The van der Waals surface area contributed by atoms with Gasteiger partial charge < -0.3 is 20.0 Å². The number of hydrogen-bond donors (Lipinski definition) is 2. The average Bonchev–Trinajstić information content (AvgIpc) is 2.38. The molecule has 1 aliphatic heterocycles. The minimum Gasteiger partial charge on any atom is -0.393 e. The van der Waals surface area contributed by atoms with Crippen molar-refractivity contribution in [2.45, 2.75) is 31.8 Å². The molecule has 1 aromatic carbocycles. The minimum absolute atomic E-state index is 0.241. The number of rotatable bonds is 6. The maximum atomic E-state index is 11.3. The lowest BCUT2D eigenvalue weighted by Crippen LogP contribution is -2.67. The Bertz CT molecular complexity index is 446. The fourth-order valence-electron chi connectivity index (χ4n) is 2.22. The molecule has 2 rings (SSSR count). The highest BCUT2D eigenvalue weighted by atomic mass is 16.5. The van der Waals surface area contributed by atoms with Crippen LogP contribution >= 0.6 is 0 Å². The summed E-state index contributed by atoms with van der Waals surface area (Å²) in [5, 5.41) is 12.1. The molecule has 1 aromatic rings. The number of carbonyl (C=O) groups is 2. The quantitative estimate of drug-likeness (QED) is 0.570. The molecule has 0 aromatic heterocycles. The second-order valence-electron chi connectivity index (χ2n) is 4.70. The zero-order valence-corrected chi connectivity index (χ0v) is 10.7. The van der Waals surface area contributed by atoms with Crippen LogP contribution in [0, 0.1) is 5.92 Å². The first-order chi connectivity index (χ1) is 9.13. The Balaban J connectivity index is 1.94. The van der Waals surface area contributed by atoms with E-state index in [9.17, 15) is 14.7 Å². The van der Waals surface area contributed by atoms with Crippen LogP contribution in [0.5, 0.6) is 0 Å². The van der Waals surface area contributed by atoms with E-state index in [4.69, 9.17) is 4.74 Å². The normalized spacial score (nSPS) is 25.1. The molecule has 2 N–H and O–H groups in total. The Morgan fingerprint density at radius 3 is 2.63 bits per heavy atom. The lowest BCUT2D eigenvalue weighted by Gasteiger charge is -2.41. The third-order valence-corrected chi connectivity index (χ3v) is 3.29. The molecule has 0 radical (unpaired) electrons. The molecule has 1 aliphatic rings. The number of aliphatic hydroxyl groups excluding tert-OH is 1. The number of amides is 1. The standard InChI is InChI=1S/C14H17NO4/c1-9(17)12-13(15-14(12)18)11(7-16)19-8-10-5-3-2-4-6-10/h2-7,9,11-13,17H,8H2,1H3,(H,15,18)/t9-,11?,12+,13-/m0/s1. The molecule has 0 spiro atoms. The Hall–Kier alpha value is -1.72. The monoisotopic (exact) mass is 263 g/mol. The van der Waals surface area contributed by atoms with Crippen LogP contribution in [0.15, 0.2) is 30.3 Å². The maximum absolute atomic E-state index is 11.3. The van der Waals surface area contributed by atoms with Gasteiger partial charge in [0.2, 0.25) is 5.91 Å².